The van der Waals surface area contributed by atoms with Gasteiger partial charge in [-0.15, -0.1) is 11.3 Å². The Kier molecular flexibility index (Phi) is 2.28. The van der Waals surface area contributed by atoms with Crippen molar-refractivity contribution in [2.45, 2.75) is 4.90 Å². The van der Waals surface area contributed by atoms with Crippen LogP contribution in [0.3, 0.4) is 0 Å². The zero-order valence-electron chi connectivity index (χ0n) is 6.22. The molecule has 0 aromatic carbocycles. The molecule has 0 aliphatic rings. The number of primary sulfonamides is 1. The van der Waals surface area contributed by atoms with Gasteiger partial charge < -0.3 is 10.8 Å². The van der Waals surface area contributed by atoms with E-state index in [2.05, 4.69) is 0 Å². The van der Waals surface area contributed by atoms with Gasteiger partial charge in [0.05, 0.1) is 5.69 Å². The summed E-state index contributed by atoms with van der Waals surface area (Å²) >= 11 is 0.727. The van der Waals surface area contributed by atoms with Gasteiger partial charge in [-0.1, -0.05) is 0 Å². The molecule has 72 valence electrons. The number of carbonyl (C=O) groups is 1. The minimum absolute atomic E-state index is 0.134. The summed E-state index contributed by atoms with van der Waals surface area (Å²) in [6.07, 6.45) is 0. The van der Waals surface area contributed by atoms with E-state index in [9.17, 15) is 13.2 Å². The molecule has 13 heavy (non-hydrogen) atoms. The first-order valence-corrected chi connectivity index (χ1v) is 5.39. The number of sulfonamides is 1. The molecule has 6 nitrogen and oxygen atoms in total. The lowest BCUT2D eigenvalue weighted by Crippen LogP contribution is -2.16. The zero-order chi connectivity index (χ0) is 10.2. The number of anilines is 1. The van der Waals surface area contributed by atoms with Gasteiger partial charge in [0.2, 0.25) is 10.0 Å². The van der Waals surface area contributed by atoms with Crippen LogP contribution in [-0.4, -0.2) is 19.5 Å². The quantitative estimate of drug-likeness (QED) is 0.632. The standard InChI is InChI=1S/C5H6N2O4S2/c6-2-1-12-3(5(8)9)4(2)13(7,10)11/h1H,6H2,(H,8,9)(H2,7,10,11). The number of rotatable bonds is 2. The van der Waals surface area contributed by atoms with Crippen LogP contribution in [0.25, 0.3) is 0 Å². The first-order chi connectivity index (χ1) is 5.84. The van der Waals surface area contributed by atoms with E-state index in [0.29, 0.717) is 0 Å². The minimum Gasteiger partial charge on any atom is -0.477 e. The van der Waals surface area contributed by atoms with Crippen molar-refractivity contribution in [3.8, 4) is 0 Å². The number of nitrogen functional groups attached to an aromatic ring is 1. The Hall–Kier alpha value is -1.12. The summed E-state index contributed by atoms with van der Waals surface area (Å²) < 4.78 is 21.8. The highest BCUT2D eigenvalue weighted by atomic mass is 32.2. The predicted molar refractivity (Wildman–Crippen MR) is 47.1 cm³/mol. The fourth-order valence-electron chi connectivity index (χ4n) is 0.802. The average molecular weight is 222 g/mol. The lowest BCUT2D eigenvalue weighted by Gasteiger charge is -1.97. The Morgan fingerprint density at radius 3 is 2.38 bits per heavy atom. The second-order valence-corrected chi connectivity index (χ2v) is 4.58. The molecule has 1 heterocycles. The van der Waals surface area contributed by atoms with Gasteiger partial charge in [0.25, 0.3) is 0 Å². The van der Waals surface area contributed by atoms with Crippen LogP contribution in [-0.2, 0) is 10.0 Å². The minimum atomic E-state index is -4.06. The average Bonchev–Trinajstić information content (AvgIpc) is 2.28. The van der Waals surface area contributed by atoms with Gasteiger partial charge in [0.15, 0.2) is 0 Å². The Morgan fingerprint density at radius 2 is 2.08 bits per heavy atom. The Morgan fingerprint density at radius 1 is 1.54 bits per heavy atom. The van der Waals surface area contributed by atoms with E-state index >= 15 is 0 Å². The number of hydrogen-bond acceptors (Lipinski definition) is 5. The van der Waals surface area contributed by atoms with Crippen LogP contribution in [0.2, 0.25) is 0 Å². The molecular weight excluding hydrogens is 216 g/mol. The third-order valence-electron chi connectivity index (χ3n) is 1.25. The second-order valence-electron chi connectivity index (χ2n) is 2.20. The van der Waals surface area contributed by atoms with Gasteiger partial charge in [-0.2, -0.15) is 0 Å². The van der Waals surface area contributed by atoms with Crippen LogP contribution in [0, 0.1) is 0 Å². The highest BCUT2D eigenvalue weighted by molar-refractivity contribution is 7.89. The fourth-order valence-corrected chi connectivity index (χ4v) is 2.79. The van der Waals surface area contributed by atoms with E-state index in [0.717, 1.165) is 11.3 Å². The van der Waals surface area contributed by atoms with Crippen molar-refractivity contribution in [3.63, 3.8) is 0 Å². The molecule has 0 saturated carbocycles. The Balaban J connectivity index is 3.51. The molecular formula is C5H6N2O4S2. The molecule has 0 amide bonds. The SMILES string of the molecule is Nc1csc(C(=O)O)c1S(N)(=O)=O. The van der Waals surface area contributed by atoms with Crippen LogP contribution in [0.15, 0.2) is 10.3 Å². The smallest absolute Gasteiger partial charge is 0.347 e. The summed E-state index contributed by atoms with van der Waals surface area (Å²) in [6, 6.07) is 0. The molecule has 8 heteroatoms. The highest BCUT2D eigenvalue weighted by Gasteiger charge is 2.24. The maximum Gasteiger partial charge on any atom is 0.347 e. The van der Waals surface area contributed by atoms with Crippen molar-refractivity contribution in [1.82, 2.24) is 0 Å². The molecule has 1 rings (SSSR count). The van der Waals surface area contributed by atoms with Gasteiger partial charge in [-0.05, 0) is 0 Å². The fraction of sp³-hybridized carbons (Fsp3) is 0. The molecule has 0 spiro atoms. The van der Waals surface area contributed by atoms with Crippen LogP contribution in [0.5, 0.6) is 0 Å². The van der Waals surface area contributed by atoms with E-state index in [1.54, 1.807) is 0 Å². The third-order valence-corrected chi connectivity index (χ3v) is 3.38. The summed E-state index contributed by atoms with van der Waals surface area (Å²) in [5.74, 6) is -1.36. The molecule has 5 N–H and O–H groups in total. The molecule has 0 bridgehead atoms. The topological polar surface area (TPSA) is 123 Å². The van der Waals surface area contributed by atoms with Crippen molar-refractivity contribution in [3.05, 3.63) is 10.3 Å². The molecule has 0 aliphatic heterocycles. The number of thiophene rings is 1. The summed E-state index contributed by atoms with van der Waals surface area (Å²) in [4.78, 5) is 9.65. The van der Waals surface area contributed by atoms with Crippen LogP contribution in [0.1, 0.15) is 9.67 Å². The molecule has 0 saturated heterocycles. The number of aromatic carboxylic acids is 1. The van der Waals surface area contributed by atoms with Gasteiger partial charge in [-0.3, -0.25) is 0 Å². The van der Waals surface area contributed by atoms with Crippen LogP contribution >= 0.6 is 11.3 Å². The normalized spacial score (nSPS) is 11.5. The van der Waals surface area contributed by atoms with Crippen LogP contribution in [0.4, 0.5) is 5.69 Å². The lowest BCUT2D eigenvalue weighted by molar-refractivity contribution is 0.0698. The summed E-state index contributed by atoms with van der Waals surface area (Å²) in [6.45, 7) is 0. The number of nitrogens with two attached hydrogens (primary N) is 2. The zero-order valence-corrected chi connectivity index (χ0v) is 7.85. The van der Waals surface area contributed by atoms with Gasteiger partial charge in [0, 0.05) is 5.38 Å². The van der Waals surface area contributed by atoms with E-state index in [4.69, 9.17) is 16.0 Å². The number of carboxylic acids is 1. The van der Waals surface area contributed by atoms with Crippen molar-refractivity contribution in [1.29, 1.82) is 0 Å². The molecule has 0 radical (unpaired) electrons. The van der Waals surface area contributed by atoms with Crippen molar-refractivity contribution in [2.75, 3.05) is 5.73 Å². The molecule has 0 unspecified atom stereocenters. The van der Waals surface area contributed by atoms with Gasteiger partial charge >= 0.3 is 5.97 Å². The first kappa shape index (κ1) is 9.96. The molecule has 0 aliphatic carbocycles. The van der Waals surface area contributed by atoms with Crippen molar-refractivity contribution >= 4 is 33.0 Å². The van der Waals surface area contributed by atoms with Gasteiger partial charge in [0.1, 0.15) is 9.77 Å². The van der Waals surface area contributed by atoms with Crippen LogP contribution < -0.4 is 10.9 Å². The van der Waals surface area contributed by atoms with E-state index in [1.807, 2.05) is 0 Å². The number of hydrogen-bond donors (Lipinski definition) is 3. The summed E-state index contributed by atoms with van der Waals surface area (Å²) in [7, 11) is -4.06. The second kappa shape index (κ2) is 2.98. The maximum atomic E-state index is 10.9. The predicted octanol–water partition coefficient (Wildman–Crippen LogP) is -0.324. The monoisotopic (exact) mass is 222 g/mol. The largest absolute Gasteiger partial charge is 0.477 e. The van der Waals surface area contributed by atoms with E-state index in [1.165, 1.54) is 5.38 Å². The van der Waals surface area contributed by atoms with Crippen molar-refractivity contribution in [2.24, 2.45) is 5.14 Å². The number of carboxylic acid groups (broad SMARTS) is 1. The van der Waals surface area contributed by atoms with E-state index < -0.39 is 20.9 Å². The lowest BCUT2D eigenvalue weighted by atomic mass is 10.4. The Bertz CT molecular complexity index is 447. The third kappa shape index (κ3) is 1.79. The Labute approximate surface area is 77.8 Å². The van der Waals surface area contributed by atoms with E-state index in [-0.39, 0.29) is 10.6 Å². The highest BCUT2D eigenvalue weighted by Crippen LogP contribution is 2.28. The summed E-state index contributed by atoms with van der Waals surface area (Å²) in [5, 5.41) is 14.6. The molecule has 1 aromatic heterocycles. The molecule has 0 fully saturated rings. The summed E-state index contributed by atoms with van der Waals surface area (Å²) in [5.41, 5.74) is 5.12. The van der Waals surface area contributed by atoms with Gasteiger partial charge in [-0.25, -0.2) is 18.4 Å². The van der Waals surface area contributed by atoms with Crippen molar-refractivity contribution < 1.29 is 18.3 Å². The first-order valence-electron chi connectivity index (χ1n) is 2.97. The molecule has 0 atom stereocenters. The molecule has 1 aromatic rings. The maximum absolute atomic E-state index is 10.9.